The van der Waals surface area contributed by atoms with E-state index in [0.717, 1.165) is 5.56 Å². The molecule has 0 bridgehead atoms. The number of carbonyl (C=O) groups is 1. The van der Waals surface area contributed by atoms with Crippen LogP contribution in [-0.2, 0) is 20.5 Å². The maximum Gasteiger partial charge on any atom is 0.324 e. The molecule has 4 atom stereocenters. The van der Waals surface area contributed by atoms with Gasteiger partial charge in [0.1, 0.15) is 23.3 Å². The summed E-state index contributed by atoms with van der Waals surface area (Å²) in [7, 11) is 0. The third kappa shape index (κ3) is 5.85. The lowest BCUT2D eigenvalue weighted by Crippen LogP contribution is -2.53. The monoisotopic (exact) mass is 574 g/mol. The van der Waals surface area contributed by atoms with Crippen molar-refractivity contribution in [2.75, 3.05) is 0 Å². The van der Waals surface area contributed by atoms with Gasteiger partial charge in [-0.1, -0.05) is 85.6 Å². The summed E-state index contributed by atoms with van der Waals surface area (Å²) in [4.78, 5) is 13.7. The third-order valence-corrected chi connectivity index (χ3v) is 7.98. The van der Waals surface area contributed by atoms with Gasteiger partial charge in [-0.15, -0.1) is 0 Å². The molecule has 0 amide bonds. The molecule has 3 aromatic carbocycles. The van der Waals surface area contributed by atoms with E-state index in [9.17, 15) is 4.79 Å². The number of benzene rings is 3. The summed E-state index contributed by atoms with van der Waals surface area (Å²) in [6.07, 6.45) is 0.396. The van der Waals surface area contributed by atoms with Crippen LogP contribution >= 0.6 is 23.2 Å². The van der Waals surface area contributed by atoms with Crippen molar-refractivity contribution in [2.45, 2.75) is 75.6 Å². The minimum Gasteiger partial charge on any atom is -0.459 e. The molecule has 39 heavy (non-hydrogen) atoms. The Morgan fingerprint density at radius 1 is 1.00 bits per heavy atom. The average molecular weight is 576 g/mol. The number of nitrogens with two attached hydrogens (primary N) is 1. The summed E-state index contributed by atoms with van der Waals surface area (Å²) < 4.78 is 37.2. The Morgan fingerprint density at radius 2 is 1.67 bits per heavy atom. The van der Waals surface area contributed by atoms with Crippen LogP contribution in [-0.4, -0.2) is 23.7 Å². The van der Waals surface area contributed by atoms with Crippen LogP contribution in [0.5, 0.6) is 0 Å². The molecule has 1 heterocycles. The fourth-order valence-corrected chi connectivity index (χ4v) is 5.99. The molecular formula is C31H34Cl2F2N2O2. The Balaban J connectivity index is 1.95. The van der Waals surface area contributed by atoms with Gasteiger partial charge in [0.2, 0.25) is 0 Å². The molecule has 3 N–H and O–H groups in total. The van der Waals surface area contributed by atoms with Crippen molar-refractivity contribution in [3.63, 3.8) is 0 Å². The fourth-order valence-electron chi connectivity index (χ4n) is 5.65. The van der Waals surface area contributed by atoms with Crippen LogP contribution in [0.25, 0.3) is 0 Å². The minimum atomic E-state index is -1.59. The van der Waals surface area contributed by atoms with Crippen LogP contribution in [0.2, 0.25) is 10.0 Å². The molecule has 3 aromatic rings. The summed E-state index contributed by atoms with van der Waals surface area (Å²) in [6, 6.07) is 16.8. The number of nitrogens with one attached hydrogen (secondary N) is 1. The van der Waals surface area contributed by atoms with Gasteiger partial charge in [-0.3, -0.25) is 10.1 Å². The highest BCUT2D eigenvalue weighted by molar-refractivity contribution is 6.31. The van der Waals surface area contributed by atoms with Crippen LogP contribution in [0.1, 0.15) is 63.6 Å². The molecule has 0 spiro atoms. The number of hydrogen-bond donors (Lipinski definition) is 2. The summed E-state index contributed by atoms with van der Waals surface area (Å²) in [5.41, 5.74) is 5.68. The van der Waals surface area contributed by atoms with Crippen LogP contribution in [0.15, 0.2) is 66.7 Å². The molecule has 0 unspecified atom stereocenters. The van der Waals surface area contributed by atoms with Gasteiger partial charge in [0.05, 0.1) is 10.6 Å². The van der Waals surface area contributed by atoms with Crippen LogP contribution in [0, 0.1) is 11.6 Å². The Hall–Kier alpha value is -2.51. The first-order chi connectivity index (χ1) is 18.1. The molecule has 0 saturated carbocycles. The van der Waals surface area contributed by atoms with E-state index in [1.807, 2.05) is 30.3 Å². The quantitative estimate of drug-likeness (QED) is 0.304. The van der Waals surface area contributed by atoms with Crippen molar-refractivity contribution in [2.24, 2.45) is 5.73 Å². The number of hydrogen-bond acceptors (Lipinski definition) is 4. The van der Waals surface area contributed by atoms with Crippen molar-refractivity contribution >= 4 is 29.2 Å². The predicted octanol–water partition coefficient (Wildman–Crippen LogP) is 7.26. The van der Waals surface area contributed by atoms with Gasteiger partial charge in [-0.25, -0.2) is 8.78 Å². The molecule has 0 radical (unpaired) electrons. The Morgan fingerprint density at radius 3 is 2.28 bits per heavy atom. The normalized spacial score (nSPS) is 23.6. The molecule has 0 aliphatic carbocycles. The first-order valence-electron chi connectivity index (χ1n) is 12.9. The van der Waals surface area contributed by atoms with Crippen molar-refractivity contribution in [1.82, 2.24) is 5.32 Å². The zero-order valence-corrected chi connectivity index (χ0v) is 24.2. The van der Waals surface area contributed by atoms with Gasteiger partial charge >= 0.3 is 5.97 Å². The smallest absolute Gasteiger partial charge is 0.324 e. The summed E-state index contributed by atoms with van der Waals surface area (Å²) >= 11 is 12.3. The molecule has 1 saturated heterocycles. The van der Waals surface area contributed by atoms with Gasteiger partial charge in [0.15, 0.2) is 0 Å². The first kappa shape index (κ1) is 29.5. The average Bonchev–Trinajstić information content (AvgIpc) is 3.12. The molecular weight excluding hydrogens is 541 g/mol. The highest BCUT2D eigenvalue weighted by Crippen LogP contribution is 2.50. The maximum atomic E-state index is 15.7. The fraction of sp³-hybridized carbons (Fsp3) is 0.387. The van der Waals surface area contributed by atoms with Crippen LogP contribution in [0.3, 0.4) is 0 Å². The van der Waals surface area contributed by atoms with E-state index in [-0.39, 0.29) is 21.2 Å². The van der Waals surface area contributed by atoms with Gasteiger partial charge in [-0.2, -0.15) is 0 Å². The molecule has 1 fully saturated rings. The Labute approximate surface area is 238 Å². The van der Waals surface area contributed by atoms with Crippen LogP contribution in [0.4, 0.5) is 8.78 Å². The largest absolute Gasteiger partial charge is 0.459 e. The maximum absolute atomic E-state index is 15.7. The van der Waals surface area contributed by atoms with Gasteiger partial charge in [-0.05, 0) is 61.9 Å². The standard InChI is InChI=1S/C31H34Cl2F2N2O2/c1-29(2,3)39-28(38)27-25(20-12-9-13-22(33)26(20)35)31(36,21-15-14-19(32)16-23(21)34)24(37-27)17-30(4,5)18-10-7-6-8-11-18/h6-16,24-25,27,37H,17,36H2,1-5H3/t24-,25-,27+,31+/m0/s1. The van der Waals surface area contributed by atoms with Crippen molar-refractivity contribution < 1.29 is 18.3 Å². The van der Waals surface area contributed by atoms with E-state index in [0.29, 0.717) is 6.42 Å². The van der Waals surface area contributed by atoms with Crippen LogP contribution < -0.4 is 11.1 Å². The number of halogens is 4. The molecule has 8 heteroatoms. The number of esters is 1. The van der Waals surface area contributed by atoms with Gasteiger partial charge in [0, 0.05) is 22.5 Å². The molecule has 4 rings (SSSR count). The lowest BCUT2D eigenvalue weighted by Gasteiger charge is -2.40. The van der Waals surface area contributed by atoms with E-state index in [1.54, 1.807) is 32.9 Å². The predicted molar refractivity (Wildman–Crippen MR) is 152 cm³/mol. The highest BCUT2D eigenvalue weighted by Gasteiger charge is 2.59. The lowest BCUT2D eigenvalue weighted by molar-refractivity contribution is -0.157. The van der Waals surface area contributed by atoms with E-state index >= 15 is 8.78 Å². The van der Waals surface area contributed by atoms with E-state index in [2.05, 4.69) is 19.2 Å². The summed E-state index contributed by atoms with van der Waals surface area (Å²) in [5.74, 6) is -3.03. The topological polar surface area (TPSA) is 64.3 Å². The van der Waals surface area contributed by atoms with E-state index in [1.165, 1.54) is 24.3 Å². The highest BCUT2D eigenvalue weighted by atomic mass is 35.5. The minimum absolute atomic E-state index is 0.0997. The first-order valence-corrected chi connectivity index (χ1v) is 13.6. The number of rotatable bonds is 6. The molecule has 4 nitrogen and oxygen atoms in total. The number of carbonyl (C=O) groups excluding carboxylic acids is 1. The Bertz CT molecular complexity index is 1360. The third-order valence-electron chi connectivity index (χ3n) is 7.45. The van der Waals surface area contributed by atoms with Gasteiger partial charge < -0.3 is 10.5 Å². The Kier molecular flexibility index (Phi) is 8.17. The zero-order chi connectivity index (χ0) is 28.8. The van der Waals surface area contributed by atoms with E-state index < -0.39 is 52.2 Å². The summed E-state index contributed by atoms with van der Waals surface area (Å²) in [6.45, 7) is 9.36. The zero-order valence-electron chi connectivity index (χ0n) is 22.7. The van der Waals surface area contributed by atoms with Crippen molar-refractivity contribution in [3.8, 4) is 0 Å². The molecule has 1 aliphatic rings. The molecule has 1 aliphatic heterocycles. The number of ether oxygens (including phenoxy) is 1. The SMILES string of the molecule is CC(C)(C)OC(=O)[C@@H]1N[C@@H](CC(C)(C)c2ccccc2)[C@](N)(c2ccc(Cl)cc2F)[C@H]1c1cccc(Cl)c1F. The lowest BCUT2D eigenvalue weighted by atomic mass is 9.67. The second kappa shape index (κ2) is 10.8. The van der Waals surface area contributed by atoms with Gasteiger partial charge in [0.25, 0.3) is 0 Å². The van der Waals surface area contributed by atoms with Crippen molar-refractivity contribution in [3.05, 3.63) is 105 Å². The van der Waals surface area contributed by atoms with Crippen molar-refractivity contribution in [1.29, 1.82) is 0 Å². The van der Waals surface area contributed by atoms with E-state index in [4.69, 9.17) is 33.7 Å². The second-order valence-electron chi connectivity index (χ2n) is 11.9. The molecule has 208 valence electrons. The second-order valence-corrected chi connectivity index (χ2v) is 12.7. The summed E-state index contributed by atoms with van der Waals surface area (Å²) in [5, 5.41) is 3.43. The molecule has 0 aromatic heterocycles.